The summed E-state index contributed by atoms with van der Waals surface area (Å²) in [6.07, 6.45) is 8.52. The Kier molecular flexibility index (Phi) is 4.74. The van der Waals surface area contributed by atoms with Crippen molar-refractivity contribution in [2.75, 3.05) is 7.11 Å². The molecule has 1 heterocycles. The fourth-order valence-corrected chi connectivity index (χ4v) is 2.55. The third kappa shape index (κ3) is 3.10. The molecule has 3 N–H and O–H groups in total. The zero-order valence-corrected chi connectivity index (χ0v) is 11.3. The molecule has 0 saturated heterocycles. The van der Waals surface area contributed by atoms with Crippen LogP contribution in [0, 0.1) is 5.92 Å². The molecule has 5 nitrogen and oxygen atoms in total. The van der Waals surface area contributed by atoms with Crippen LogP contribution in [0.1, 0.15) is 32.0 Å². The van der Waals surface area contributed by atoms with Gasteiger partial charge in [-0.1, -0.05) is 6.92 Å². The number of rotatable bonds is 8. The summed E-state index contributed by atoms with van der Waals surface area (Å²) in [7, 11) is 1.77. The Labute approximate surface area is 109 Å². The van der Waals surface area contributed by atoms with Gasteiger partial charge < -0.3 is 9.30 Å². The smallest absolute Gasteiger partial charge is 0.110 e. The summed E-state index contributed by atoms with van der Waals surface area (Å²) in [5.41, 5.74) is 2.90. The molecular weight excluding hydrogens is 228 g/mol. The van der Waals surface area contributed by atoms with E-state index in [0.29, 0.717) is 5.92 Å². The highest BCUT2D eigenvalue weighted by Crippen LogP contribution is 2.36. The van der Waals surface area contributed by atoms with Crippen LogP contribution in [0.25, 0.3) is 0 Å². The first-order valence-electron chi connectivity index (χ1n) is 6.79. The standard InChI is InChI=1S/C13H24N4O/c1-3-7-17-8-6-15-12(17)9-11(16-14)13(18-2)10-4-5-10/h6,8,10-11,13,16H,3-5,7,9,14H2,1-2H3. The number of methoxy groups -OCH3 is 1. The number of imidazole rings is 1. The molecule has 0 aliphatic heterocycles. The first-order chi connectivity index (χ1) is 8.80. The van der Waals surface area contributed by atoms with E-state index in [-0.39, 0.29) is 12.1 Å². The third-order valence-electron chi connectivity index (χ3n) is 3.64. The van der Waals surface area contributed by atoms with Crippen LogP contribution in [-0.2, 0) is 17.7 Å². The predicted molar refractivity (Wildman–Crippen MR) is 70.9 cm³/mol. The fourth-order valence-electron chi connectivity index (χ4n) is 2.55. The van der Waals surface area contributed by atoms with E-state index in [2.05, 4.69) is 21.9 Å². The van der Waals surface area contributed by atoms with Crippen LogP contribution < -0.4 is 11.3 Å². The third-order valence-corrected chi connectivity index (χ3v) is 3.64. The van der Waals surface area contributed by atoms with Crippen molar-refractivity contribution in [3.8, 4) is 0 Å². The van der Waals surface area contributed by atoms with Gasteiger partial charge in [0.15, 0.2) is 0 Å². The van der Waals surface area contributed by atoms with Gasteiger partial charge >= 0.3 is 0 Å². The summed E-state index contributed by atoms with van der Waals surface area (Å²) in [6, 6.07) is 0.139. The summed E-state index contributed by atoms with van der Waals surface area (Å²) in [5, 5.41) is 0. The molecule has 1 aromatic heterocycles. The van der Waals surface area contributed by atoms with E-state index in [1.807, 2.05) is 12.4 Å². The van der Waals surface area contributed by atoms with Crippen molar-refractivity contribution >= 4 is 0 Å². The lowest BCUT2D eigenvalue weighted by Gasteiger charge is -2.25. The van der Waals surface area contributed by atoms with Crippen LogP contribution in [0.2, 0.25) is 0 Å². The summed E-state index contributed by atoms with van der Waals surface area (Å²) >= 11 is 0. The molecule has 0 radical (unpaired) electrons. The van der Waals surface area contributed by atoms with E-state index < -0.39 is 0 Å². The van der Waals surface area contributed by atoms with Crippen LogP contribution in [0.4, 0.5) is 0 Å². The molecule has 0 spiro atoms. The molecule has 2 atom stereocenters. The van der Waals surface area contributed by atoms with Crippen molar-refractivity contribution in [1.82, 2.24) is 15.0 Å². The maximum absolute atomic E-state index is 5.69. The highest BCUT2D eigenvalue weighted by Gasteiger charge is 2.36. The van der Waals surface area contributed by atoms with E-state index >= 15 is 0 Å². The van der Waals surface area contributed by atoms with Gasteiger partial charge in [-0.25, -0.2) is 4.98 Å². The average Bonchev–Trinajstić information content (AvgIpc) is 3.12. The lowest BCUT2D eigenvalue weighted by atomic mass is 10.0. The van der Waals surface area contributed by atoms with Gasteiger partial charge in [0.2, 0.25) is 0 Å². The molecule has 0 bridgehead atoms. The first kappa shape index (κ1) is 13.5. The second-order valence-corrected chi connectivity index (χ2v) is 5.05. The molecule has 1 saturated carbocycles. The van der Waals surface area contributed by atoms with Crippen molar-refractivity contribution in [3.63, 3.8) is 0 Å². The van der Waals surface area contributed by atoms with Crippen LogP contribution in [0.5, 0.6) is 0 Å². The number of nitrogens with two attached hydrogens (primary N) is 1. The number of hydrazine groups is 1. The minimum absolute atomic E-state index is 0.139. The van der Waals surface area contributed by atoms with Gasteiger partial charge in [0.05, 0.1) is 12.1 Å². The molecule has 1 aromatic rings. The SMILES string of the molecule is CCCn1ccnc1CC(NN)C(OC)C1CC1. The van der Waals surface area contributed by atoms with Crippen LogP contribution >= 0.6 is 0 Å². The number of hydrogen-bond donors (Lipinski definition) is 2. The molecular formula is C13H24N4O. The number of aryl methyl sites for hydroxylation is 1. The van der Waals surface area contributed by atoms with Gasteiger partial charge in [0.25, 0.3) is 0 Å². The van der Waals surface area contributed by atoms with E-state index in [1.54, 1.807) is 7.11 Å². The van der Waals surface area contributed by atoms with Crippen LogP contribution in [0.15, 0.2) is 12.4 Å². The second kappa shape index (κ2) is 6.31. The van der Waals surface area contributed by atoms with Crippen molar-refractivity contribution in [1.29, 1.82) is 0 Å². The van der Waals surface area contributed by atoms with Crippen LogP contribution in [0.3, 0.4) is 0 Å². The highest BCUT2D eigenvalue weighted by molar-refractivity contribution is 4.99. The minimum atomic E-state index is 0.139. The molecule has 0 amide bonds. The van der Waals surface area contributed by atoms with E-state index in [4.69, 9.17) is 10.6 Å². The number of ether oxygens (including phenoxy) is 1. The van der Waals surface area contributed by atoms with Crippen LogP contribution in [-0.4, -0.2) is 28.8 Å². The maximum atomic E-state index is 5.69. The van der Waals surface area contributed by atoms with E-state index in [0.717, 1.165) is 25.2 Å². The molecule has 1 aliphatic carbocycles. The molecule has 1 aliphatic rings. The Balaban J connectivity index is 2.02. The molecule has 1 fully saturated rings. The topological polar surface area (TPSA) is 65.1 Å². The Morgan fingerprint density at radius 2 is 2.39 bits per heavy atom. The molecule has 0 aromatic carbocycles. The Bertz CT molecular complexity index is 362. The summed E-state index contributed by atoms with van der Waals surface area (Å²) < 4.78 is 7.79. The molecule has 2 unspecified atom stereocenters. The monoisotopic (exact) mass is 252 g/mol. The zero-order valence-electron chi connectivity index (χ0n) is 11.3. The van der Waals surface area contributed by atoms with Gasteiger partial charge in [-0.2, -0.15) is 0 Å². The van der Waals surface area contributed by atoms with Crippen molar-refractivity contribution in [2.24, 2.45) is 11.8 Å². The largest absolute Gasteiger partial charge is 0.379 e. The molecule has 18 heavy (non-hydrogen) atoms. The average molecular weight is 252 g/mol. The molecule has 102 valence electrons. The van der Waals surface area contributed by atoms with Crippen molar-refractivity contribution in [2.45, 2.75) is 51.3 Å². The number of hydrogen-bond acceptors (Lipinski definition) is 4. The van der Waals surface area contributed by atoms with E-state index in [9.17, 15) is 0 Å². The lowest BCUT2D eigenvalue weighted by molar-refractivity contribution is 0.0502. The molecule has 2 rings (SSSR count). The predicted octanol–water partition coefficient (Wildman–Crippen LogP) is 1.09. The van der Waals surface area contributed by atoms with Crippen molar-refractivity contribution in [3.05, 3.63) is 18.2 Å². The van der Waals surface area contributed by atoms with Gasteiger partial charge in [-0.05, 0) is 25.2 Å². The summed E-state index contributed by atoms with van der Waals surface area (Å²) in [4.78, 5) is 4.43. The molecule has 5 heteroatoms. The summed E-state index contributed by atoms with van der Waals surface area (Å²) in [5.74, 6) is 7.43. The maximum Gasteiger partial charge on any atom is 0.110 e. The Morgan fingerprint density at radius 3 is 2.94 bits per heavy atom. The summed E-state index contributed by atoms with van der Waals surface area (Å²) in [6.45, 7) is 3.18. The second-order valence-electron chi connectivity index (χ2n) is 5.05. The van der Waals surface area contributed by atoms with E-state index in [1.165, 1.54) is 12.8 Å². The first-order valence-corrected chi connectivity index (χ1v) is 6.79. The number of aromatic nitrogens is 2. The minimum Gasteiger partial charge on any atom is -0.379 e. The quantitative estimate of drug-likeness (QED) is 0.537. The van der Waals surface area contributed by atoms with Gasteiger partial charge in [-0.3, -0.25) is 11.3 Å². The fraction of sp³-hybridized carbons (Fsp3) is 0.769. The Hall–Kier alpha value is -0.910. The zero-order chi connectivity index (χ0) is 13.0. The Morgan fingerprint density at radius 1 is 1.61 bits per heavy atom. The normalized spacial score (nSPS) is 18.8. The van der Waals surface area contributed by atoms with Gasteiger partial charge in [-0.15, -0.1) is 0 Å². The van der Waals surface area contributed by atoms with Gasteiger partial charge in [0.1, 0.15) is 5.82 Å². The van der Waals surface area contributed by atoms with Gasteiger partial charge in [0, 0.05) is 32.5 Å². The lowest BCUT2D eigenvalue weighted by Crippen LogP contribution is -2.47. The van der Waals surface area contributed by atoms with Crippen molar-refractivity contribution < 1.29 is 4.74 Å². The number of nitrogens with one attached hydrogen (secondary N) is 1. The highest BCUT2D eigenvalue weighted by atomic mass is 16.5. The number of nitrogens with zero attached hydrogens (tertiary/aromatic N) is 2.